The summed E-state index contributed by atoms with van der Waals surface area (Å²) < 4.78 is 0.170. The molecule has 0 spiro atoms. The fourth-order valence-corrected chi connectivity index (χ4v) is 2.17. The molecule has 1 amide bonds. The lowest BCUT2D eigenvalue weighted by atomic mass is 10.2. The van der Waals surface area contributed by atoms with Crippen molar-refractivity contribution in [1.82, 2.24) is 10.6 Å². The maximum atomic E-state index is 11.5. The van der Waals surface area contributed by atoms with Crippen LogP contribution in [0, 0.1) is 0 Å². The van der Waals surface area contributed by atoms with Gasteiger partial charge >= 0.3 is 0 Å². The molecule has 1 heterocycles. The highest BCUT2D eigenvalue weighted by Crippen LogP contribution is 2.22. The summed E-state index contributed by atoms with van der Waals surface area (Å²) in [7, 11) is 0. The molecule has 2 N–H and O–H groups in total. The largest absolute Gasteiger partial charge is 0.354 e. The number of thioether (sulfide) groups is 1. The predicted molar refractivity (Wildman–Crippen MR) is 66.2 cm³/mol. The monoisotopic (exact) mass is 230 g/mol. The number of amides is 1. The van der Waals surface area contributed by atoms with Gasteiger partial charge in [0.2, 0.25) is 5.91 Å². The molecule has 0 aromatic carbocycles. The number of hydrogen-bond donors (Lipinski definition) is 2. The molecule has 4 heteroatoms. The first kappa shape index (κ1) is 12.8. The summed E-state index contributed by atoms with van der Waals surface area (Å²) in [5, 5.41) is 6.34. The normalized spacial score (nSPS) is 21.7. The van der Waals surface area contributed by atoms with E-state index in [4.69, 9.17) is 0 Å². The molecule has 1 fully saturated rings. The maximum Gasteiger partial charge on any atom is 0.230 e. The lowest BCUT2D eigenvalue weighted by molar-refractivity contribution is -0.118. The standard InChI is InChI=1S/C11H22N2OS/c1-11(2,3)15-8-10(14)13-7-9-5-4-6-12-9/h9,12H,4-8H2,1-3H3,(H,13,14). The summed E-state index contributed by atoms with van der Waals surface area (Å²) in [6, 6.07) is 0.494. The van der Waals surface area contributed by atoms with Gasteiger partial charge in [0, 0.05) is 17.3 Å². The fourth-order valence-electron chi connectivity index (χ4n) is 1.50. The highest BCUT2D eigenvalue weighted by atomic mass is 32.2. The lowest BCUT2D eigenvalue weighted by Crippen LogP contribution is -2.38. The zero-order valence-electron chi connectivity index (χ0n) is 9.93. The molecule has 0 aliphatic carbocycles. The first-order valence-corrected chi connectivity index (χ1v) is 6.60. The Morgan fingerprint density at radius 2 is 2.27 bits per heavy atom. The van der Waals surface area contributed by atoms with Gasteiger partial charge in [-0.05, 0) is 19.4 Å². The zero-order valence-corrected chi connectivity index (χ0v) is 10.7. The van der Waals surface area contributed by atoms with Gasteiger partial charge in [-0.25, -0.2) is 0 Å². The molecule has 0 aromatic heterocycles. The van der Waals surface area contributed by atoms with E-state index < -0.39 is 0 Å². The molecular weight excluding hydrogens is 208 g/mol. The average molecular weight is 230 g/mol. The molecule has 1 saturated heterocycles. The van der Waals surface area contributed by atoms with Crippen molar-refractivity contribution in [2.45, 2.75) is 44.4 Å². The number of rotatable bonds is 4. The Hall–Kier alpha value is -0.220. The Kier molecular flexibility index (Phi) is 4.93. The van der Waals surface area contributed by atoms with Crippen LogP contribution in [0.25, 0.3) is 0 Å². The number of carbonyl (C=O) groups excluding carboxylic acids is 1. The Bertz CT molecular complexity index is 207. The van der Waals surface area contributed by atoms with Crippen molar-refractivity contribution in [3.05, 3.63) is 0 Å². The second-order valence-electron chi connectivity index (χ2n) is 5.00. The smallest absolute Gasteiger partial charge is 0.230 e. The Morgan fingerprint density at radius 1 is 1.53 bits per heavy atom. The maximum absolute atomic E-state index is 11.5. The van der Waals surface area contributed by atoms with E-state index in [2.05, 4.69) is 31.4 Å². The average Bonchev–Trinajstić information content (AvgIpc) is 2.62. The number of carbonyl (C=O) groups is 1. The van der Waals surface area contributed by atoms with Crippen molar-refractivity contribution in [1.29, 1.82) is 0 Å². The second kappa shape index (κ2) is 5.75. The number of hydrogen-bond acceptors (Lipinski definition) is 3. The summed E-state index contributed by atoms with van der Waals surface area (Å²) in [5.41, 5.74) is 0. The van der Waals surface area contributed by atoms with E-state index in [1.165, 1.54) is 12.8 Å². The van der Waals surface area contributed by atoms with Crippen LogP contribution in [0.4, 0.5) is 0 Å². The molecule has 0 radical (unpaired) electrons. The van der Waals surface area contributed by atoms with E-state index >= 15 is 0 Å². The van der Waals surface area contributed by atoms with Crippen molar-refractivity contribution in [2.24, 2.45) is 0 Å². The van der Waals surface area contributed by atoms with E-state index in [1.807, 2.05) is 0 Å². The van der Waals surface area contributed by atoms with Crippen molar-refractivity contribution in [3.8, 4) is 0 Å². The van der Waals surface area contributed by atoms with Crippen LogP contribution in [-0.2, 0) is 4.79 Å². The third-order valence-electron chi connectivity index (χ3n) is 2.34. The Morgan fingerprint density at radius 3 is 2.80 bits per heavy atom. The second-order valence-corrected chi connectivity index (χ2v) is 6.80. The quantitative estimate of drug-likeness (QED) is 0.767. The van der Waals surface area contributed by atoms with E-state index in [1.54, 1.807) is 11.8 Å². The van der Waals surface area contributed by atoms with Gasteiger partial charge in [0.05, 0.1) is 5.75 Å². The Labute approximate surface area is 96.8 Å². The third-order valence-corrected chi connectivity index (χ3v) is 3.62. The molecule has 88 valence electrons. The minimum absolute atomic E-state index is 0.156. The van der Waals surface area contributed by atoms with Crippen LogP contribution >= 0.6 is 11.8 Å². The first-order valence-electron chi connectivity index (χ1n) is 5.61. The van der Waals surface area contributed by atoms with Crippen LogP contribution in [0.15, 0.2) is 0 Å². The minimum atomic E-state index is 0.156. The van der Waals surface area contributed by atoms with E-state index in [0.717, 1.165) is 13.1 Å². The minimum Gasteiger partial charge on any atom is -0.354 e. The van der Waals surface area contributed by atoms with Crippen LogP contribution in [0.3, 0.4) is 0 Å². The third kappa shape index (κ3) is 6.05. The van der Waals surface area contributed by atoms with Crippen molar-refractivity contribution < 1.29 is 4.79 Å². The molecule has 0 aromatic rings. The molecule has 1 atom stereocenters. The first-order chi connectivity index (χ1) is 6.97. The molecule has 1 unspecified atom stereocenters. The van der Waals surface area contributed by atoms with Crippen LogP contribution in [0.2, 0.25) is 0 Å². The topological polar surface area (TPSA) is 41.1 Å². The fraction of sp³-hybridized carbons (Fsp3) is 0.909. The lowest BCUT2D eigenvalue weighted by Gasteiger charge is -2.17. The van der Waals surface area contributed by atoms with Crippen molar-refractivity contribution in [2.75, 3.05) is 18.8 Å². The van der Waals surface area contributed by atoms with Crippen LogP contribution in [0.1, 0.15) is 33.6 Å². The Balaban J connectivity index is 2.08. The van der Waals surface area contributed by atoms with Crippen molar-refractivity contribution >= 4 is 17.7 Å². The van der Waals surface area contributed by atoms with E-state index in [0.29, 0.717) is 11.8 Å². The van der Waals surface area contributed by atoms with Gasteiger partial charge in [0.1, 0.15) is 0 Å². The van der Waals surface area contributed by atoms with Crippen LogP contribution < -0.4 is 10.6 Å². The summed E-state index contributed by atoms with van der Waals surface area (Å²) in [6.07, 6.45) is 2.42. The molecule has 1 rings (SSSR count). The molecule has 15 heavy (non-hydrogen) atoms. The van der Waals surface area contributed by atoms with Gasteiger partial charge in [-0.15, -0.1) is 11.8 Å². The summed E-state index contributed by atoms with van der Waals surface area (Å²) in [4.78, 5) is 11.5. The molecular formula is C11H22N2OS. The summed E-state index contributed by atoms with van der Waals surface area (Å²) >= 11 is 1.69. The van der Waals surface area contributed by atoms with Gasteiger partial charge in [-0.3, -0.25) is 4.79 Å². The highest BCUT2D eigenvalue weighted by molar-refractivity contribution is 8.01. The predicted octanol–water partition coefficient (Wildman–Crippen LogP) is 1.39. The van der Waals surface area contributed by atoms with Gasteiger partial charge in [0.25, 0.3) is 0 Å². The van der Waals surface area contributed by atoms with Crippen molar-refractivity contribution in [3.63, 3.8) is 0 Å². The summed E-state index contributed by atoms with van der Waals surface area (Å²) in [6.45, 7) is 8.26. The molecule has 3 nitrogen and oxygen atoms in total. The van der Waals surface area contributed by atoms with Gasteiger partial charge in [-0.1, -0.05) is 20.8 Å². The summed E-state index contributed by atoms with van der Waals surface area (Å²) in [5.74, 6) is 0.722. The van der Waals surface area contributed by atoms with Gasteiger partial charge in [0.15, 0.2) is 0 Å². The van der Waals surface area contributed by atoms with Crippen LogP contribution in [-0.4, -0.2) is 35.5 Å². The number of nitrogens with one attached hydrogen (secondary N) is 2. The molecule has 1 aliphatic rings. The van der Waals surface area contributed by atoms with E-state index in [-0.39, 0.29) is 10.7 Å². The molecule has 1 aliphatic heterocycles. The van der Waals surface area contributed by atoms with Gasteiger partial charge in [-0.2, -0.15) is 0 Å². The SMILES string of the molecule is CC(C)(C)SCC(=O)NCC1CCCN1. The highest BCUT2D eigenvalue weighted by Gasteiger charge is 2.16. The van der Waals surface area contributed by atoms with Crippen LogP contribution in [0.5, 0.6) is 0 Å². The zero-order chi connectivity index (χ0) is 11.3. The van der Waals surface area contributed by atoms with Gasteiger partial charge < -0.3 is 10.6 Å². The molecule has 0 saturated carbocycles. The van der Waals surface area contributed by atoms with E-state index in [9.17, 15) is 4.79 Å². The molecule has 0 bridgehead atoms.